The van der Waals surface area contributed by atoms with Crippen molar-refractivity contribution in [1.82, 2.24) is 15.0 Å². The molecule has 0 bridgehead atoms. The molecule has 0 saturated heterocycles. The number of imidazole rings is 1. The molecule has 0 aliphatic rings. The lowest BCUT2D eigenvalue weighted by molar-refractivity contribution is 0.0700. The molecule has 0 unspecified atom stereocenters. The maximum atomic E-state index is 9.78. The Labute approximate surface area is 87.6 Å². The molecule has 80 valence electrons. The van der Waals surface area contributed by atoms with Crippen LogP contribution in [0.25, 0.3) is 11.2 Å². The number of hydrogen-bond acceptors (Lipinski definition) is 4. The molecule has 0 radical (unpaired) electrons. The fourth-order valence-electron chi connectivity index (χ4n) is 1.32. The number of hydrogen-bond donors (Lipinski definition) is 3. The van der Waals surface area contributed by atoms with Gasteiger partial charge in [0.1, 0.15) is 17.2 Å². The van der Waals surface area contributed by atoms with Crippen molar-refractivity contribution in [2.24, 2.45) is 0 Å². The maximum Gasteiger partial charge on any atom is 0.179 e. The van der Waals surface area contributed by atoms with Crippen LogP contribution >= 0.6 is 0 Å². The number of pyridine rings is 1. The third kappa shape index (κ3) is 1.78. The molecule has 2 aromatic rings. The molecule has 0 aliphatic heterocycles. The van der Waals surface area contributed by atoms with Gasteiger partial charge in [0.2, 0.25) is 0 Å². The highest BCUT2D eigenvalue weighted by molar-refractivity contribution is 5.73. The number of nitrogens with zero attached hydrogens (tertiary/aromatic N) is 2. The van der Waals surface area contributed by atoms with E-state index in [1.807, 2.05) is 12.1 Å². The number of anilines is 1. The van der Waals surface area contributed by atoms with Gasteiger partial charge in [-0.25, -0.2) is 9.97 Å². The summed E-state index contributed by atoms with van der Waals surface area (Å²) < 4.78 is 0. The Morgan fingerprint density at radius 1 is 1.33 bits per heavy atom. The van der Waals surface area contributed by atoms with E-state index in [4.69, 9.17) is 0 Å². The van der Waals surface area contributed by atoms with Crippen LogP contribution in [0.3, 0.4) is 0 Å². The standard InChI is InChI=1S/C10H14N4O/c1-10(2,15)9-12-6-4-5-7(11-3)13-8(6)14-9/h4-5,15H,1-3H3,(H2,11,12,13,14). The van der Waals surface area contributed by atoms with Crippen LogP contribution in [-0.2, 0) is 5.60 Å². The molecule has 15 heavy (non-hydrogen) atoms. The second-order valence-corrected chi connectivity index (χ2v) is 3.96. The van der Waals surface area contributed by atoms with E-state index in [-0.39, 0.29) is 0 Å². The summed E-state index contributed by atoms with van der Waals surface area (Å²) in [5.74, 6) is 1.29. The van der Waals surface area contributed by atoms with Crippen LogP contribution in [0.15, 0.2) is 12.1 Å². The molecular weight excluding hydrogens is 192 g/mol. The smallest absolute Gasteiger partial charge is 0.179 e. The average molecular weight is 206 g/mol. The van der Waals surface area contributed by atoms with Crippen LogP contribution in [0.1, 0.15) is 19.7 Å². The van der Waals surface area contributed by atoms with Gasteiger partial charge in [-0.3, -0.25) is 0 Å². The molecule has 2 heterocycles. The van der Waals surface area contributed by atoms with E-state index < -0.39 is 5.60 Å². The first-order chi connectivity index (χ1) is 7.00. The average Bonchev–Trinajstić information content (AvgIpc) is 2.59. The molecule has 5 nitrogen and oxygen atoms in total. The second-order valence-electron chi connectivity index (χ2n) is 3.96. The highest BCUT2D eigenvalue weighted by atomic mass is 16.3. The first kappa shape index (κ1) is 9.92. The number of nitrogens with one attached hydrogen (secondary N) is 2. The Morgan fingerprint density at radius 3 is 2.67 bits per heavy atom. The van der Waals surface area contributed by atoms with Crippen LogP contribution < -0.4 is 5.32 Å². The number of rotatable bonds is 2. The van der Waals surface area contributed by atoms with Gasteiger partial charge in [-0.1, -0.05) is 0 Å². The quantitative estimate of drug-likeness (QED) is 0.691. The van der Waals surface area contributed by atoms with Crippen molar-refractivity contribution >= 4 is 17.0 Å². The zero-order valence-electron chi connectivity index (χ0n) is 9.00. The lowest BCUT2D eigenvalue weighted by Crippen LogP contribution is -2.17. The number of fused-ring (bicyclic) bond motifs is 1. The van der Waals surface area contributed by atoms with Gasteiger partial charge in [0.15, 0.2) is 5.65 Å². The number of aliphatic hydroxyl groups is 1. The minimum Gasteiger partial charge on any atom is -0.383 e. The molecule has 2 rings (SSSR count). The number of aromatic nitrogens is 3. The summed E-state index contributed by atoms with van der Waals surface area (Å²) in [5.41, 5.74) is 0.464. The Morgan fingerprint density at radius 2 is 2.07 bits per heavy atom. The molecule has 0 saturated carbocycles. The van der Waals surface area contributed by atoms with E-state index in [0.717, 1.165) is 11.3 Å². The maximum absolute atomic E-state index is 9.78. The zero-order chi connectivity index (χ0) is 11.1. The van der Waals surface area contributed by atoms with Gasteiger partial charge in [-0.15, -0.1) is 0 Å². The van der Waals surface area contributed by atoms with Gasteiger partial charge in [0.05, 0.1) is 5.52 Å². The fourth-order valence-corrected chi connectivity index (χ4v) is 1.32. The van der Waals surface area contributed by atoms with Crippen LogP contribution in [0.5, 0.6) is 0 Å². The molecule has 0 atom stereocenters. The van der Waals surface area contributed by atoms with Crippen LogP contribution in [0.4, 0.5) is 5.82 Å². The van der Waals surface area contributed by atoms with Crippen molar-refractivity contribution in [1.29, 1.82) is 0 Å². The van der Waals surface area contributed by atoms with Gasteiger partial charge in [-0.2, -0.15) is 0 Å². The first-order valence-corrected chi connectivity index (χ1v) is 4.78. The predicted octanol–water partition coefficient (Wildman–Crippen LogP) is 1.23. The van der Waals surface area contributed by atoms with E-state index in [1.165, 1.54) is 0 Å². The van der Waals surface area contributed by atoms with E-state index in [0.29, 0.717) is 11.5 Å². The monoisotopic (exact) mass is 206 g/mol. The van der Waals surface area contributed by atoms with E-state index >= 15 is 0 Å². The van der Waals surface area contributed by atoms with E-state index in [1.54, 1.807) is 20.9 Å². The topological polar surface area (TPSA) is 73.8 Å². The number of H-pyrrole nitrogens is 1. The van der Waals surface area contributed by atoms with E-state index in [9.17, 15) is 5.11 Å². The highest BCUT2D eigenvalue weighted by Crippen LogP contribution is 2.20. The Kier molecular flexibility index (Phi) is 2.12. The molecule has 0 spiro atoms. The summed E-state index contributed by atoms with van der Waals surface area (Å²) in [5, 5.41) is 12.7. The van der Waals surface area contributed by atoms with Gasteiger partial charge < -0.3 is 15.4 Å². The summed E-state index contributed by atoms with van der Waals surface area (Å²) in [4.78, 5) is 11.5. The Hall–Kier alpha value is -1.62. The third-order valence-corrected chi connectivity index (χ3v) is 2.18. The lowest BCUT2D eigenvalue weighted by atomic mass is 10.1. The molecule has 0 amide bonds. The van der Waals surface area contributed by atoms with Gasteiger partial charge in [0.25, 0.3) is 0 Å². The molecular formula is C10H14N4O. The SMILES string of the molecule is CNc1ccc2[nH]c(C(C)(C)O)nc2n1. The summed E-state index contributed by atoms with van der Waals surface area (Å²) in [7, 11) is 1.80. The number of aromatic amines is 1. The highest BCUT2D eigenvalue weighted by Gasteiger charge is 2.20. The van der Waals surface area contributed by atoms with Crippen LogP contribution in [0.2, 0.25) is 0 Å². The summed E-state index contributed by atoms with van der Waals surface area (Å²) in [6.07, 6.45) is 0. The zero-order valence-corrected chi connectivity index (χ0v) is 9.00. The minimum atomic E-state index is -0.972. The van der Waals surface area contributed by atoms with Crippen molar-refractivity contribution in [2.45, 2.75) is 19.4 Å². The molecule has 2 aromatic heterocycles. The molecule has 5 heteroatoms. The van der Waals surface area contributed by atoms with Crippen molar-refractivity contribution in [3.8, 4) is 0 Å². The predicted molar refractivity (Wildman–Crippen MR) is 58.7 cm³/mol. The minimum absolute atomic E-state index is 0.526. The Balaban J connectivity index is 2.56. The van der Waals surface area contributed by atoms with Gasteiger partial charge >= 0.3 is 0 Å². The first-order valence-electron chi connectivity index (χ1n) is 4.78. The van der Waals surface area contributed by atoms with Crippen LogP contribution in [0, 0.1) is 0 Å². The molecule has 0 fully saturated rings. The lowest BCUT2D eigenvalue weighted by Gasteiger charge is -2.12. The molecule has 0 aliphatic carbocycles. The van der Waals surface area contributed by atoms with Gasteiger partial charge in [0, 0.05) is 7.05 Å². The van der Waals surface area contributed by atoms with Crippen molar-refractivity contribution in [3.63, 3.8) is 0 Å². The van der Waals surface area contributed by atoms with Crippen molar-refractivity contribution in [2.75, 3.05) is 12.4 Å². The summed E-state index contributed by atoms with van der Waals surface area (Å²) in [6.45, 7) is 3.37. The van der Waals surface area contributed by atoms with Crippen molar-refractivity contribution < 1.29 is 5.11 Å². The van der Waals surface area contributed by atoms with Gasteiger partial charge in [-0.05, 0) is 26.0 Å². The fraction of sp³-hybridized carbons (Fsp3) is 0.400. The summed E-state index contributed by atoms with van der Waals surface area (Å²) in [6, 6.07) is 3.74. The third-order valence-electron chi connectivity index (χ3n) is 2.18. The second kappa shape index (κ2) is 3.20. The van der Waals surface area contributed by atoms with E-state index in [2.05, 4.69) is 20.3 Å². The Bertz CT molecular complexity index is 484. The normalized spacial score (nSPS) is 12.0. The largest absolute Gasteiger partial charge is 0.383 e. The molecule has 3 N–H and O–H groups in total. The van der Waals surface area contributed by atoms with Crippen LogP contribution in [-0.4, -0.2) is 27.1 Å². The molecule has 0 aromatic carbocycles. The van der Waals surface area contributed by atoms with Crippen molar-refractivity contribution in [3.05, 3.63) is 18.0 Å². The summed E-state index contributed by atoms with van der Waals surface area (Å²) >= 11 is 0.